The van der Waals surface area contributed by atoms with E-state index in [2.05, 4.69) is 36.6 Å². The van der Waals surface area contributed by atoms with Crippen LogP contribution in [0.2, 0.25) is 0 Å². The fraction of sp³-hybridized carbons (Fsp3) is 0.600. The Morgan fingerprint density at radius 3 is 1.31 bits per heavy atom. The number of carboxylic acid groups (broad SMARTS) is 4. The molecule has 70 heavy (non-hydrogen) atoms. The van der Waals surface area contributed by atoms with Crippen LogP contribution in [0.15, 0.2) is 24.3 Å². The van der Waals surface area contributed by atoms with Gasteiger partial charge in [-0.3, -0.25) is 57.7 Å². The number of carboxylic acids is 4. The summed E-state index contributed by atoms with van der Waals surface area (Å²) in [5, 5.41) is 32.7. The van der Waals surface area contributed by atoms with Gasteiger partial charge < -0.3 is 57.6 Å². The zero-order valence-corrected chi connectivity index (χ0v) is 43.0. The minimum atomic E-state index is -1.13. The molecule has 5 unspecified atom stereocenters. The number of esters is 3. The van der Waals surface area contributed by atoms with Gasteiger partial charge in [0.1, 0.15) is 24.2 Å². The molecule has 0 aromatic carbocycles. The second-order valence-corrected chi connectivity index (χ2v) is 15.8. The molecule has 4 amide bonds. The van der Waals surface area contributed by atoms with E-state index >= 15 is 0 Å². The summed E-state index contributed by atoms with van der Waals surface area (Å²) in [6, 6.07) is -3.66. The molecule has 0 saturated carbocycles. The molecule has 0 radical (unpaired) electrons. The van der Waals surface area contributed by atoms with Crippen molar-refractivity contribution in [2.75, 3.05) is 61.7 Å². The van der Waals surface area contributed by atoms with Crippen LogP contribution in [0.4, 0.5) is 0 Å². The Hall–Kier alpha value is -5.33. The van der Waals surface area contributed by atoms with E-state index in [-0.39, 0.29) is 84.1 Å². The molecule has 400 valence electrons. The highest BCUT2D eigenvalue weighted by molar-refractivity contribution is 8.00. The Morgan fingerprint density at radius 1 is 0.671 bits per heavy atom. The molecular formula is C40H66N6O20S4. The van der Waals surface area contributed by atoms with Crippen LogP contribution in [-0.4, -0.2) is 193 Å². The van der Waals surface area contributed by atoms with Crippen LogP contribution < -0.4 is 22.9 Å². The maximum atomic E-state index is 11.6. The van der Waals surface area contributed by atoms with E-state index in [1.54, 1.807) is 34.6 Å². The van der Waals surface area contributed by atoms with Crippen molar-refractivity contribution in [1.82, 2.24) is 9.80 Å². The Bertz CT molecular complexity index is 1710. The minimum absolute atomic E-state index is 0.0820. The number of thioether (sulfide) groups is 2. The van der Waals surface area contributed by atoms with Gasteiger partial charge in [-0.15, -0.1) is 11.8 Å². The first-order valence-corrected chi connectivity index (χ1v) is 24.0. The minimum Gasteiger partial charge on any atom is -0.480 e. The lowest BCUT2D eigenvalue weighted by Gasteiger charge is -2.14. The van der Waals surface area contributed by atoms with Gasteiger partial charge >= 0.3 is 47.9 Å². The smallest absolute Gasteiger partial charge is 0.373 e. The number of rotatable bonds is 22. The molecule has 1 saturated heterocycles. The summed E-state index contributed by atoms with van der Waals surface area (Å²) in [5.41, 5.74) is 21.0. The number of hydrogen-bond acceptors (Lipinski definition) is 24. The second-order valence-electron chi connectivity index (χ2n) is 12.8. The van der Waals surface area contributed by atoms with Gasteiger partial charge in [-0.1, -0.05) is 13.5 Å². The van der Waals surface area contributed by atoms with Crippen molar-refractivity contribution in [1.29, 1.82) is 0 Å². The van der Waals surface area contributed by atoms with Gasteiger partial charge in [-0.05, 0) is 41.0 Å². The first-order valence-electron chi connectivity index (χ1n) is 20.6. The fourth-order valence-electron chi connectivity index (χ4n) is 3.78. The van der Waals surface area contributed by atoms with Crippen molar-refractivity contribution in [3.8, 4) is 0 Å². The molecule has 2 aliphatic rings. The number of likely N-dealkylation sites (tertiary alicyclic amines) is 1. The van der Waals surface area contributed by atoms with Crippen LogP contribution >= 0.6 is 48.8 Å². The molecule has 26 nitrogen and oxygen atoms in total. The predicted molar refractivity (Wildman–Crippen MR) is 260 cm³/mol. The molecule has 2 heterocycles. The van der Waals surface area contributed by atoms with Crippen molar-refractivity contribution in [3.63, 3.8) is 0 Å². The quantitative estimate of drug-likeness (QED) is 0.0150. The van der Waals surface area contributed by atoms with Crippen molar-refractivity contribution < 1.29 is 97.0 Å². The van der Waals surface area contributed by atoms with Gasteiger partial charge in [0.05, 0.1) is 25.1 Å². The molecule has 0 aliphatic carbocycles. The topological polar surface area (TPSA) is 441 Å². The number of nitrogens with zero attached hydrogens (tertiary/aromatic N) is 2. The van der Waals surface area contributed by atoms with Gasteiger partial charge in [0.2, 0.25) is 11.8 Å². The molecule has 5 atom stereocenters. The van der Waals surface area contributed by atoms with E-state index in [1.807, 2.05) is 6.92 Å². The number of likely N-dealkylation sites (N-methyl/N-ethyl adjacent to an activating group) is 1. The highest BCUT2D eigenvalue weighted by Crippen LogP contribution is 2.25. The number of carbonyl (C=O) groups excluding carboxylic acids is 9. The van der Waals surface area contributed by atoms with E-state index in [0.717, 1.165) is 23.5 Å². The number of nitrogens with two attached hydrogens (primary N) is 4. The Kier molecular flexibility index (Phi) is 47.2. The zero-order chi connectivity index (χ0) is 55.7. The summed E-state index contributed by atoms with van der Waals surface area (Å²) in [7, 11) is 0. The third-order valence-corrected chi connectivity index (χ3v) is 10.9. The maximum Gasteiger partial charge on any atom is 0.373 e. The fourth-order valence-corrected chi connectivity index (χ4v) is 6.25. The van der Waals surface area contributed by atoms with Crippen molar-refractivity contribution in [3.05, 3.63) is 24.3 Å². The normalized spacial score (nSPS) is 14.6. The lowest BCUT2D eigenvalue weighted by atomic mass is 10.2. The molecular weight excluding hydrogens is 1010 g/mol. The highest BCUT2D eigenvalue weighted by Gasteiger charge is 2.38. The van der Waals surface area contributed by atoms with E-state index in [1.165, 1.54) is 22.0 Å². The molecule has 30 heteroatoms. The lowest BCUT2D eigenvalue weighted by Crippen LogP contribution is -2.34. The van der Waals surface area contributed by atoms with E-state index in [9.17, 15) is 52.7 Å². The monoisotopic (exact) mass is 1080 g/mol. The van der Waals surface area contributed by atoms with E-state index < -0.39 is 71.2 Å². The van der Waals surface area contributed by atoms with Gasteiger partial charge in [-0.2, -0.15) is 46.6 Å². The number of thiol groups is 2. The second kappa shape index (κ2) is 44.8. The first kappa shape index (κ1) is 73.6. The van der Waals surface area contributed by atoms with Crippen LogP contribution in [0.1, 0.15) is 54.4 Å². The number of carbonyl (C=O) groups is 11. The lowest BCUT2D eigenvalue weighted by molar-refractivity contribution is -0.192. The summed E-state index contributed by atoms with van der Waals surface area (Å²) in [6.07, 6.45) is 3.63. The zero-order valence-electron chi connectivity index (χ0n) is 39.5. The number of ether oxygens (including phenoxy) is 3. The third-order valence-electron chi connectivity index (χ3n) is 7.59. The van der Waals surface area contributed by atoms with Gasteiger partial charge in [0.15, 0.2) is 5.92 Å². The van der Waals surface area contributed by atoms with Crippen LogP contribution in [-0.2, 0) is 76.5 Å². The average molecular weight is 1080 g/mol. The van der Waals surface area contributed by atoms with E-state index in [0.29, 0.717) is 31.7 Å². The molecule has 2 aliphatic heterocycles. The number of imide groups is 2. The number of amides is 4. The van der Waals surface area contributed by atoms with Crippen LogP contribution in [0, 0.1) is 5.92 Å². The molecule has 0 bridgehead atoms. The highest BCUT2D eigenvalue weighted by atomic mass is 32.2. The Morgan fingerprint density at radius 2 is 1.04 bits per heavy atom. The predicted octanol–water partition coefficient (Wildman–Crippen LogP) is -1.33. The molecule has 2 rings (SSSR count). The van der Waals surface area contributed by atoms with Gasteiger partial charge in [0.25, 0.3) is 11.8 Å². The largest absolute Gasteiger partial charge is 0.480 e. The number of hydrogen-bond donors (Lipinski definition) is 10. The van der Waals surface area contributed by atoms with Crippen LogP contribution in [0.25, 0.3) is 0 Å². The van der Waals surface area contributed by atoms with Crippen molar-refractivity contribution in [2.45, 2.75) is 83.8 Å². The SMILES string of the molecule is C=C(CC)C(=O)OCC.CCN1C(=O)C=CC1=O.CCN1C(=O)CC(SCC(N)C(=O)O)C1=O.CCOC(=O)C(CSCC(N)C(=O)O)C(=O)OCC.NC(CS)C(=O)O.NC(CS)C(=O)O.O=C=O. The summed E-state index contributed by atoms with van der Waals surface area (Å²) in [6.45, 7) is 15.5. The van der Waals surface area contributed by atoms with Crippen LogP contribution in [0.5, 0.6) is 0 Å². The molecule has 12 N–H and O–H groups in total. The molecule has 0 spiro atoms. The summed E-state index contributed by atoms with van der Waals surface area (Å²) < 4.78 is 14.2. The first-order chi connectivity index (χ1) is 32.7. The summed E-state index contributed by atoms with van der Waals surface area (Å²) in [5.74, 6) is -7.06. The van der Waals surface area contributed by atoms with Crippen molar-refractivity contribution in [2.24, 2.45) is 28.9 Å². The standard InChI is InChI=1S/C11H19NO6S.C9H14N2O4S.C7H12O2.C6H7NO2.2C3H7NO2S.CO2/c1-3-17-10(15)7(11(16)18-4-2)5-19-6-8(12)9(13)14;1-2-11-7(12)3-6(8(11)13)16-4-5(10)9(14)15;1-4-6(3)7(8)9-5-2;1-2-7-5(8)3-4-6(7)9;2*4-2(1-7)3(5)6;2-1-3/h7-8H,3-6,12H2,1-2H3,(H,13,14);5-6H,2-4,10H2,1H3,(H,14,15);3-5H2,1-2H3;3-4H,2H2,1H3;2*2,7H,1,4H2,(H,5,6);. The van der Waals surface area contributed by atoms with E-state index in [4.69, 9.17) is 62.4 Å². The summed E-state index contributed by atoms with van der Waals surface area (Å²) in [4.78, 5) is 137. The molecule has 0 aromatic heterocycles. The van der Waals surface area contributed by atoms with Crippen molar-refractivity contribution >= 4 is 120 Å². The molecule has 0 aromatic rings. The maximum absolute atomic E-state index is 11.6. The van der Waals surface area contributed by atoms with Crippen LogP contribution in [0.3, 0.4) is 0 Å². The Labute approximate surface area is 424 Å². The van der Waals surface area contributed by atoms with Gasteiger partial charge in [0, 0.05) is 66.0 Å². The summed E-state index contributed by atoms with van der Waals surface area (Å²) >= 11 is 9.53. The third kappa shape index (κ3) is 35.7. The number of aliphatic carboxylic acids is 4. The molecule has 1 fully saturated rings. The van der Waals surface area contributed by atoms with Gasteiger partial charge in [-0.25, -0.2) is 4.79 Å². The average Bonchev–Trinajstić information content (AvgIpc) is 3.79. The Balaban J connectivity index is -0.000000249.